The maximum absolute atomic E-state index is 12.1. The van der Waals surface area contributed by atoms with E-state index in [-0.39, 0.29) is 17.9 Å². The highest BCUT2D eigenvalue weighted by Gasteiger charge is 2.34. The van der Waals surface area contributed by atoms with Gasteiger partial charge in [-0.05, 0) is 43.5 Å². The standard InChI is InChI=1S/C17H17N3O3S/c1-10-5-12(20-16(21)11-6-13(7-11)22-2)3-4-15(10)23-17-19-9-14(8-18)24-17/h3-5,9,11,13H,6-7H2,1-2H3,(H,20,21). The lowest BCUT2D eigenvalue weighted by Crippen LogP contribution is -2.38. The fourth-order valence-electron chi connectivity index (χ4n) is 2.51. The molecular formula is C17H17N3O3S. The van der Waals surface area contributed by atoms with Crippen LogP contribution < -0.4 is 10.1 Å². The predicted molar refractivity (Wildman–Crippen MR) is 90.2 cm³/mol. The van der Waals surface area contributed by atoms with E-state index in [1.165, 1.54) is 17.5 Å². The van der Waals surface area contributed by atoms with Gasteiger partial charge in [-0.25, -0.2) is 4.98 Å². The van der Waals surface area contributed by atoms with Gasteiger partial charge in [0.25, 0.3) is 5.19 Å². The summed E-state index contributed by atoms with van der Waals surface area (Å²) in [7, 11) is 1.67. The molecule has 0 atom stereocenters. The summed E-state index contributed by atoms with van der Waals surface area (Å²) >= 11 is 1.19. The zero-order chi connectivity index (χ0) is 17.1. The minimum absolute atomic E-state index is 0.0194. The monoisotopic (exact) mass is 343 g/mol. The van der Waals surface area contributed by atoms with Crippen molar-refractivity contribution in [1.29, 1.82) is 5.26 Å². The molecule has 1 aliphatic carbocycles. The molecular weight excluding hydrogens is 326 g/mol. The molecule has 6 nitrogen and oxygen atoms in total. The second-order valence-corrected chi connectivity index (χ2v) is 6.69. The first-order valence-electron chi connectivity index (χ1n) is 7.57. The number of hydrogen-bond acceptors (Lipinski definition) is 6. The number of anilines is 1. The fourth-order valence-corrected chi connectivity index (χ4v) is 3.09. The van der Waals surface area contributed by atoms with Gasteiger partial charge in [0.15, 0.2) is 0 Å². The molecule has 1 N–H and O–H groups in total. The number of nitriles is 1. The molecule has 24 heavy (non-hydrogen) atoms. The summed E-state index contributed by atoms with van der Waals surface area (Å²) < 4.78 is 10.9. The van der Waals surface area contributed by atoms with Gasteiger partial charge in [0.2, 0.25) is 5.91 Å². The van der Waals surface area contributed by atoms with E-state index in [1.807, 2.05) is 19.1 Å². The third kappa shape index (κ3) is 3.55. The van der Waals surface area contributed by atoms with Crippen molar-refractivity contribution in [3.63, 3.8) is 0 Å². The average molecular weight is 343 g/mol. The zero-order valence-corrected chi connectivity index (χ0v) is 14.2. The lowest BCUT2D eigenvalue weighted by molar-refractivity contribution is -0.127. The molecule has 1 amide bonds. The Morgan fingerprint density at radius 1 is 1.46 bits per heavy atom. The smallest absolute Gasteiger partial charge is 0.279 e. The third-order valence-corrected chi connectivity index (χ3v) is 4.81. The van der Waals surface area contributed by atoms with Gasteiger partial charge in [-0.1, -0.05) is 11.3 Å². The molecule has 1 aliphatic rings. The van der Waals surface area contributed by atoms with Crippen LogP contribution in [0.3, 0.4) is 0 Å². The first-order chi connectivity index (χ1) is 11.6. The van der Waals surface area contributed by atoms with Crippen LogP contribution in [0.15, 0.2) is 24.4 Å². The Morgan fingerprint density at radius 3 is 2.88 bits per heavy atom. The van der Waals surface area contributed by atoms with Gasteiger partial charge in [0.05, 0.1) is 12.3 Å². The van der Waals surface area contributed by atoms with E-state index in [2.05, 4.69) is 10.3 Å². The number of nitrogens with zero attached hydrogens (tertiary/aromatic N) is 2. The maximum atomic E-state index is 12.1. The van der Waals surface area contributed by atoms with Crippen molar-refractivity contribution in [3.8, 4) is 17.0 Å². The fraction of sp³-hybridized carbons (Fsp3) is 0.353. The molecule has 1 saturated carbocycles. The summed E-state index contributed by atoms with van der Waals surface area (Å²) in [6.45, 7) is 1.90. The molecule has 3 rings (SSSR count). The van der Waals surface area contributed by atoms with Crippen LogP contribution in [0.4, 0.5) is 5.69 Å². The predicted octanol–water partition coefficient (Wildman–Crippen LogP) is 3.48. The number of methoxy groups -OCH3 is 1. The lowest BCUT2D eigenvalue weighted by atomic mass is 9.81. The van der Waals surface area contributed by atoms with Crippen molar-refractivity contribution in [2.45, 2.75) is 25.9 Å². The molecule has 0 unspecified atom stereocenters. The van der Waals surface area contributed by atoms with E-state index in [0.29, 0.717) is 15.8 Å². The molecule has 1 aromatic heterocycles. The van der Waals surface area contributed by atoms with Crippen molar-refractivity contribution in [2.75, 3.05) is 12.4 Å². The van der Waals surface area contributed by atoms with Crippen LogP contribution >= 0.6 is 11.3 Å². The Kier molecular flexibility index (Phi) is 4.79. The number of hydrogen-bond donors (Lipinski definition) is 1. The molecule has 1 fully saturated rings. The minimum atomic E-state index is 0.0194. The maximum Gasteiger partial charge on any atom is 0.279 e. The van der Waals surface area contributed by atoms with Gasteiger partial charge in [0, 0.05) is 18.7 Å². The number of aromatic nitrogens is 1. The molecule has 2 aromatic rings. The first kappa shape index (κ1) is 16.4. The number of thiazole rings is 1. The Hall–Kier alpha value is -2.43. The van der Waals surface area contributed by atoms with E-state index in [1.54, 1.807) is 19.2 Å². The summed E-state index contributed by atoms with van der Waals surface area (Å²) in [6, 6.07) is 7.47. The van der Waals surface area contributed by atoms with Crippen LogP contribution in [0.5, 0.6) is 10.9 Å². The number of nitrogens with one attached hydrogen (secondary N) is 1. The van der Waals surface area contributed by atoms with Gasteiger partial charge >= 0.3 is 0 Å². The lowest BCUT2D eigenvalue weighted by Gasteiger charge is -2.32. The Balaban J connectivity index is 1.62. The number of carbonyl (C=O) groups excluding carboxylic acids is 1. The highest BCUT2D eigenvalue weighted by Crippen LogP contribution is 2.32. The van der Waals surface area contributed by atoms with E-state index in [9.17, 15) is 4.79 Å². The molecule has 0 spiro atoms. The zero-order valence-electron chi connectivity index (χ0n) is 13.4. The van der Waals surface area contributed by atoms with Crippen molar-refractivity contribution < 1.29 is 14.3 Å². The molecule has 0 bridgehead atoms. The van der Waals surface area contributed by atoms with Gasteiger partial charge in [-0.2, -0.15) is 5.26 Å². The van der Waals surface area contributed by atoms with E-state index in [0.717, 1.165) is 24.1 Å². The van der Waals surface area contributed by atoms with E-state index >= 15 is 0 Å². The van der Waals surface area contributed by atoms with Crippen LogP contribution in [0.1, 0.15) is 23.3 Å². The molecule has 0 aliphatic heterocycles. The van der Waals surface area contributed by atoms with Crippen LogP contribution in [0.2, 0.25) is 0 Å². The van der Waals surface area contributed by atoms with Crippen LogP contribution in [-0.4, -0.2) is 24.1 Å². The Morgan fingerprint density at radius 2 is 2.25 bits per heavy atom. The van der Waals surface area contributed by atoms with E-state index < -0.39 is 0 Å². The molecule has 7 heteroatoms. The van der Waals surface area contributed by atoms with Gasteiger partial charge in [-0.15, -0.1) is 0 Å². The molecule has 1 heterocycles. The number of rotatable bonds is 5. The van der Waals surface area contributed by atoms with Gasteiger partial charge in [-0.3, -0.25) is 4.79 Å². The number of amides is 1. The molecule has 0 saturated heterocycles. The molecule has 0 radical (unpaired) electrons. The summed E-state index contributed by atoms with van der Waals surface area (Å²) in [5.41, 5.74) is 1.62. The summed E-state index contributed by atoms with van der Waals surface area (Å²) in [4.78, 5) is 16.7. The highest BCUT2D eigenvalue weighted by atomic mass is 32.1. The van der Waals surface area contributed by atoms with Crippen molar-refractivity contribution in [3.05, 3.63) is 34.8 Å². The molecule has 1 aromatic carbocycles. The van der Waals surface area contributed by atoms with Gasteiger partial charge in [0.1, 0.15) is 16.7 Å². The topological polar surface area (TPSA) is 84.2 Å². The van der Waals surface area contributed by atoms with Gasteiger partial charge < -0.3 is 14.8 Å². The largest absolute Gasteiger partial charge is 0.431 e. The number of carbonyl (C=O) groups is 1. The Labute approximate surface area is 144 Å². The number of benzene rings is 1. The second-order valence-electron chi connectivity index (χ2n) is 5.70. The minimum Gasteiger partial charge on any atom is -0.431 e. The van der Waals surface area contributed by atoms with Crippen molar-refractivity contribution in [1.82, 2.24) is 4.98 Å². The third-order valence-electron chi connectivity index (χ3n) is 4.03. The van der Waals surface area contributed by atoms with E-state index in [4.69, 9.17) is 14.7 Å². The first-order valence-corrected chi connectivity index (χ1v) is 8.38. The summed E-state index contributed by atoms with van der Waals surface area (Å²) in [5, 5.41) is 12.2. The number of aryl methyl sites for hydroxylation is 1. The molecule has 124 valence electrons. The van der Waals surface area contributed by atoms with Crippen molar-refractivity contribution >= 4 is 22.9 Å². The SMILES string of the molecule is COC1CC(C(=O)Nc2ccc(Oc3ncc(C#N)s3)c(C)c2)C1. The van der Waals surface area contributed by atoms with Crippen LogP contribution in [-0.2, 0) is 9.53 Å². The van der Waals surface area contributed by atoms with Crippen LogP contribution in [0, 0.1) is 24.2 Å². The average Bonchev–Trinajstić information content (AvgIpc) is 2.97. The normalized spacial score (nSPS) is 19.2. The van der Waals surface area contributed by atoms with Crippen molar-refractivity contribution in [2.24, 2.45) is 5.92 Å². The van der Waals surface area contributed by atoms with Crippen LogP contribution in [0.25, 0.3) is 0 Å². The highest BCUT2D eigenvalue weighted by molar-refractivity contribution is 7.13. The Bertz CT molecular complexity index is 791. The second kappa shape index (κ2) is 6.99. The number of ether oxygens (including phenoxy) is 2. The quantitative estimate of drug-likeness (QED) is 0.898. The summed E-state index contributed by atoms with van der Waals surface area (Å²) in [6.07, 6.45) is 3.23. The summed E-state index contributed by atoms with van der Waals surface area (Å²) in [5.74, 6) is 0.691.